The minimum Gasteiger partial charge on any atom is -0.497 e. The molecule has 3 nitrogen and oxygen atoms in total. The minimum atomic E-state index is -0.355. The lowest BCUT2D eigenvalue weighted by atomic mass is 10.0. The molecule has 2 N–H and O–H groups in total. The third-order valence-corrected chi connectivity index (χ3v) is 3.82. The van der Waals surface area contributed by atoms with Crippen molar-refractivity contribution in [2.24, 2.45) is 5.73 Å². The van der Waals surface area contributed by atoms with Crippen LogP contribution in [0.25, 0.3) is 0 Å². The normalized spacial score (nSPS) is 12.0. The van der Waals surface area contributed by atoms with Gasteiger partial charge in [0.1, 0.15) is 11.6 Å². The number of ether oxygens (including phenoxy) is 1. The maximum atomic E-state index is 13.2. The average Bonchev–Trinajstić information content (AvgIpc) is 2.50. The van der Waals surface area contributed by atoms with Gasteiger partial charge in [-0.05, 0) is 42.0 Å². The molecule has 0 spiro atoms. The molecule has 1 atom stereocenters. The van der Waals surface area contributed by atoms with Gasteiger partial charge in [0.05, 0.1) is 13.2 Å². The Hall–Kier alpha value is -1.78. The van der Waals surface area contributed by atoms with Gasteiger partial charge in [-0.15, -0.1) is 0 Å². The number of hydrogen-bond acceptors (Lipinski definition) is 3. The van der Waals surface area contributed by atoms with Crippen molar-refractivity contribution in [1.82, 2.24) is 0 Å². The lowest BCUT2D eigenvalue weighted by Crippen LogP contribution is -2.30. The van der Waals surface area contributed by atoms with Gasteiger partial charge < -0.3 is 15.4 Å². The lowest BCUT2D eigenvalue weighted by molar-refractivity contribution is 0.415. The molecule has 0 heterocycles. The number of likely N-dealkylation sites (N-methyl/N-ethyl adjacent to an activating group) is 1. The first-order valence-electron chi connectivity index (χ1n) is 6.58. The monoisotopic (exact) mass is 308 g/mol. The molecule has 0 bridgehead atoms. The molecule has 112 valence electrons. The van der Waals surface area contributed by atoms with Crippen LogP contribution in [-0.4, -0.2) is 20.7 Å². The molecule has 2 rings (SSSR count). The van der Waals surface area contributed by atoms with Gasteiger partial charge >= 0.3 is 0 Å². The van der Waals surface area contributed by atoms with Crippen LogP contribution in [0.2, 0.25) is 5.02 Å². The molecule has 0 radical (unpaired) electrons. The van der Waals surface area contributed by atoms with E-state index in [0.29, 0.717) is 11.6 Å². The molecule has 0 saturated heterocycles. The Bertz CT molecular complexity index is 604. The van der Waals surface area contributed by atoms with Crippen LogP contribution in [0.5, 0.6) is 5.75 Å². The number of nitrogens with zero attached hydrogens (tertiary/aromatic N) is 1. The quantitative estimate of drug-likeness (QED) is 0.917. The highest BCUT2D eigenvalue weighted by Crippen LogP contribution is 2.31. The molecule has 0 aromatic heterocycles. The average molecular weight is 309 g/mol. The Morgan fingerprint density at radius 1 is 1.24 bits per heavy atom. The van der Waals surface area contributed by atoms with Crippen molar-refractivity contribution in [3.05, 3.63) is 58.9 Å². The zero-order valence-corrected chi connectivity index (χ0v) is 12.8. The van der Waals surface area contributed by atoms with Crippen LogP contribution in [0.1, 0.15) is 11.6 Å². The van der Waals surface area contributed by atoms with E-state index in [9.17, 15) is 4.39 Å². The number of benzene rings is 2. The van der Waals surface area contributed by atoms with Crippen LogP contribution in [0.15, 0.2) is 42.5 Å². The molecule has 2 aromatic carbocycles. The van der Waals surface area contributed by atoms with Crippen molar-refractivity contribution in [2.45, 2.75) is 6.04 Å². The van der Waals surface area contributed by atoms with Crippen molar-refractivity contribution in [2.75, 3.05) is 25.6 Å². The van der Waals surface area contributed by atoms with Crippen molar-refractivity contribution in [1.29, 1.82) is 0 Å². The highest BCUT2D eigenvalue weighted by atomic mass is 35.5. The maximum absolute atomic E-state index is 13.2. The SMILES string of the molecule is COc1ccc(N(C)C(CN)c2ccc(F)cc2Cl)cc1. The predicted octanol–water partition coefficient (Wildman–Crippen LogP) is 3.62. The summed E-state index contributed by atoms with van der Waals surface area (Å²) in [6.07, 6.45) is 0. The molecule has 0 aliphatic heterocycles. The summed E-state index contributed by atoms with van der Waals surface area (Å²) in [6, 6.07) is 11.9. The standard InChI is InChI=1S/C16H18ClFN2O/c1-20(12-4-6-13(21-2)7-5-12)16(10-19)14-8-3-11(18)9-15(14)17/h3-9,16H,10,19H2,1-2H3. The summed E-state index contributed by atoms with van der Waals surface area (Å²) in [5.41, 5.74) is 7.67. The van der Waals surface area contributed by atoms with Gasteiger partial charge in [0.2, 0.25) is 0 Å². The van der Waals surface area contributed by atoms with E-state index in [1.807, 2.05) is 36.2 Å². The first-order chi connectivity index (χ1) is 10.1. The fourth-order valence-electron chi connectivity index (χ4n) is 2.26. The number of hydrogen-bond donors (Lipinski definition) is 1. The molecule has 0 saturated carbocycles. The summed E-state index contributed by atoms with van der Waals surface area (Å²) in [4.78, 5) is 2.01. The summed E-state index contributed by atoms with van der Waals surface area (Å²) in [6.45, 7) is 0.369. The van der Waals surface area contributed by atoms with Crippen LogP contribution in [0.3, 0.4) is 0 Å². The third-order valence-electron chi connectivity index (χ3n) is 3.49. The second-order valence-electron chi connectivity index (χ2n) is 4.73. The summed E-state index contributed by atoms with van der Waals surface area (Å²) in [7, 11) is 3.55. The van der Waals surface area contributed by atoms with Gasteiger partial charge in [-0.3, -0.25) is 0 Å². The summed E-state index contributed by atoms with van der Waals surface area (Å²) in [5, 5.41) is 0.380. The minimum absolute atomic E-state index is 0.133. The van der Waals surface area contributed by atoms with E-state index in [2.05, 4.69) is 0 Å². The van der Waals surface area contributed by atoms with Gasteiger partial charge in [-0.2, -0.15) is 0 Å². The Balaban J connectivity index is 2.30. The lowest BCUT2D eigenvalue weighted by Gasteiger charge is -2.30. The number of nitrogens with two attached hydrogens (primary N) is 1. The topological polar surface area (TPSA) is 38.5 Å². The van der Waals surface area contributed by atoms with E-state index in [1.54, 1.807) is 13.2 Å². The molecule has 0 fully saturated rings. The van der Waals surface area contributed by atoms with E-state index >= 15 is 0 Å². The first-order valence-corrected chi connectivity index (χ1v) is 6.96. The van der Waals surface area contributed by atoms with E-state index in [-0.39, 0.29) is 11.9 Å². The molecule has 0 aliphatic carbocycles. The molecule has 2 aromatic rings. The number of halogens is 2. The molecule has 0 aliphatic rings. The smallest absolute Gasteiger partial charge is 0.124 e. The Morgan fingerprint density at radius 3 is 2.43 bits per heavy atom. The van der Waals surface area contributed by atoms with E-state index in [1.165, 1.54) is 12.1 Å². The molecular formula is C16H18ClFN2O. The zero-order chi connectivity index (χ0) is 15.4. The number of methoxy groups -OCH3 is 1. The second-order valence-corrected chi connectivity index (χ2v) is 5.13. The number of rotatable bonds is 5. The highest BCUT2D eigenvalue weighted by molar-refractivity contribution is 6.31. The summed E-state index contributed by atoms with van der Waals surface area (Å²) in [5.74, 6) is 0.433. The number of anilines is 1. The van der Waals surface area contributed by atoms with Crippen molar-refractivity contribution in [3.8, 4) is 5.75 Å². The van der Waals surface area contributed by atoms with E-state index in [4.69, 9.17) is 22.1 Å². The van der Waals surface area contributed by atoms with Gasteiger partial charge in [-0.1, -0.05) is 17.7 Å². The second kappa shape index (κ2) is 6.78. The Labute approximate surface area is 129 Å². The molecule has 0 amide bonds. The molecule has 1 unspecified atom stereocenters. The largest absolute Gasteiger partial charge is 0.497 e. The molecule has 21 heavy (non-hydrogen) atoms. The molecule has 5 heteroatoms. The van der Waals surface area contributed by atoms with E-state index in [0.717, 1.165) is 17.0 Å². The van der Waals surface area contributed by atoms with Crippen LogP contribution in [0, 0.1) is 5.82 Å². The van der Waals surface area contributed by atoms with Crippen molar-refractivity contribution in [3.63, 3.8) is 0 Å². The van der Waals surface area contributed by atoms with E-state index < -0.39 is 0 Å². The van der Waals surface area contributed by atoms with Crippen LogP contribution < -0.4 is 15.4 Å². The van der Waals surface area contributed by atoms with Gasteiger partial charge in [0, 0.05) is 24.3 Å². The predicted molar refractivity (Wildman–Crippen MR) is 84.6 cm³/mol. The van der Waals surface area contributed by atoms with Crippen LogP contribution in [-0.2, 0) is 0 Å². The van der Waals surface area contributed by atoms with Gasteiger partial charge in [0.15, 0.2) is 0 Å². The zero-order valence-electron chi connectivity index (χ0n) is 12.0. The summed E-state index contributed by atoms with van der Waals surface area (Å²) >= 11 is 6.14. The van der Waals surface area contributed by atoms with Gasteiger partial charge in [0.25, 0.3) is 0 Å². The van der Waals surface area contributed by atoms with Gasteiger partial charge in [-0.25, -0.2) is 4.39 Å². The third kappa shape index (κ3) is 3.46. The maximum Gasteiger partial charge on any atom is 0.124 e. The first kappa shape index (κ1) is 15.6. The van der Waals surface area contributed by atoms with Crippen LogP contribution in [0.4, 0.5) is 10.1 Å². The summed E-state index contributed by atoms with van der Waals surface area (Å²) < 4.78 is 18.3. The van der Waals surface area contributed by atoms with Crippen LogP contribution >= 0.6 is 11.6 Å². The fraction of sp³-hybridized carbons (Fsp3) is 0.250. The Morgan fingerprint density at radius 2 is 1.90 bits per heavy atom. The fourth-order valence-corrected chi connectivity index (χ4v) is 2.56. The Kier molecular flexibility index (Phi) is 5.04. The van der Waals surface area contributed by atoms with Crippen molar-refractivity contribution < 1.29 is 9.13 Å². The highest BCUT2D eigenvalue weighted by Gasteiger charge is 2.19. The molecular weight excluding hydrogens is 291 g/mol. The van der Waals surface area contributed by atoms with Crippen molar-refractivity contribution >= 4 is 17.3 Å².